The van der Waals surface area contributed by atoms with Crippen molar-refractivity contribution >= 4 is 17.8 Å². The first-order chi connectivity index (χ1) is 13.0. The van der Waals surface area contributed by atoms with Gasteiger partial charge in [-0.1, -0.05) is 24.3 Å². The predicted octanol–water partition coefficient (Wildman–Crippen LogP) is 1.71. The van der Waals surface area contributed by atoms with Crippen LogP contribution in [0, 0.1) is 0 Å². The van der Waals surface area contributed by atoms with E-state index in [2.05, 4.69) is 10.6 Å². The average molecular weight is 370 g/mol. The Hall–Kier alpha value is -3.35. The van der Waals surface area contributed by atoms with Gasteiger partial charge in [0.2, 0.25) is 5.91 Å². The van der Waals surface area contributed by atoms with Crippen LogP contribution in [0.1, 0.15) is 22.8 Å². The van der Waals surface area contributed by atoms with Crippen molar-refractivity contribution in [3.63, 3.8) is 0 Å². The molecule has 2 aromatic rings. The van der Waals surface area contributed by atoms with Crippen LogP contribution in [0.3, 0.4) is 0 Å². The molecule has 2 rings (SSSR count). The summed E-state index contributed by atoms with van der Waals surface area (Å²) in [7, 11) is 1.56. The Kier molecular flexibility index (Phi) is 7.37. The number of methoxy groups -OCH3 is 1. The quantitative estimate of drug-likeness (QED) is 0.419. The lowest BCUT2D eigenvalue weighted by molar-refractivity contribution is -0.131. The van der Waals surface area contributed by atoms with Crippen LogP contribution in [0.15, 0.2) is 48.5 Å². The second-order valence-electron chi connectivity index (χ2n) is 5.72. The van der Waals surface area contributed by atoms with Gasteiger partial charge in [0.1, 0.15) is 11.5 Å². The fraction of sp³-hybridized carbons (Fsp3) is 0.250. The highest BCUT2D eigenvalue weighted by Crippen LogP contribution is 2.17. The SMILES string of the molecule is COc1ccccc1CC(=O)NCCNC(=O)c1cccc(OC(C)=O)c1. The van der Waals surface area contributed by atoms with E-state index in [4.69, 9.17) is 9.47 Å². The van der Waals surface area contributed by atoms with Gasteiger partial charge in [0.05, 0.1) is 13.5 Å². The molecule has 0 saturated carbocycles. The van der Waals surface area contributed by atoms with E-state index >= 15 is 0 Å². The number of amides is 2. The Bertz CT molecular complexity index is 820. The summed E-state index contributed by atoms with van der Waals surface area (Å²) in [6.07, 6.45) is 0.197. The Labute approximate surface area is 157 Å². The zero-order chi connectivity index (χ0) is 19.6. The maximum absolute atomic E-state index is 12.1. The molecule has 0 heterocycles. The van der Waals surface area contributed by atoms with E-state index in [0.29, 0.717) is 23.6 Å². The van der Waals surface area contributed by atoms with E-state index in [9.17, 15) is 14.4 Å². The van der Waals surface area contributed by atoms with Gasteiger partial charge in [-0.2, -0.15) is 0 Å². The van der Waals surface area contributed by atoms with Crippen LogP contribution in [0.5, 0.6) is 11.5 Å². The van der Waals surface area contributed by atoms with Crippen LogP contribution < -0.4 is 20.1 Å². The van der Waals surface area contributed by atoms with E-state index in [0.717, 1.165) is 5.56 Å². The van der Waals surface area contributed by atoms with Gasteiger partial charge in [0.15, 0.2) is 0 Å². The highest BCUT2D eigenvalue weighted by atomic mass is 16.5. The molecule has 0 unspecified atom stereocenters. The van der Waals surface area contributed by atoms with Crippen molar-refractivity contribution in [1.29, 1.82) is 0 Å². The molecule has 0 aromatic heterocycles. The summed E-state index contributed by atoms with van der Waals surface area (Å²) in [5, 5.41) is 5.45. The number of ether oxygens (including phenoxy) is 2. The average Bonchev–Trinajstić information content (AvgIpc) is 2.65. The number of esters is 1. The molecule has 0 aliphatic rings. The lowest BCUT2D eigenvalue weighted by Crippen LogP contribution is -2.35. The normalized spacial score (nSPS) is 10.0. The Morgan fingerprint density at radius 2 is 1.70 bits per heavy atom. The van der Waals surface area contributed by atoms with Crippen molar-refractivity contribution < 1.29 is 23.9 Å². The monoisotopic (exact) mass is 370 g/mol. The van der Waals surface area contributed by atoms with Gasteiger partial charge in [0, 0.05) is 31.1 Å². The first kappa shape index (κ1) is 20.0. The Morgan fingerprint density at radius 3 is 2.44 bits per heavy atom. The van der Waals surface area contributed by atoms with E-state index < -0.39 is 5.97 Å². The smallest absolute Gasteiger partial charge is 0.308 e. The van der Waals surface area contributed by atoms with Gasteiger partial charge >= 0.3 is 5.97 Å². The first-order valence-corrected chi connectivity index (χ1v) is 8.45. The molecule has 0 fully saturated rings. The van der Waals surface area contributed by atoms with Crippen LogP contribution in [-0.4, -0.2) is 38.0 Å². The number of carbonyl (C=O) groups is 3. The first-order valence-electron chi connectivity index (χ1n) is 8.45. The van der Waals surface area contributed by atoms with E-state index in [1.165, 1.54) is 13.0 Å². The van der Waals surface area contributed by atoms with Crippen molar-refractivity contribution in [3.05, 3.63) is 59.7 Å². The van der Waals surface area contributed by atoms with Gasteiger partial charge in [-0.15, -0.1) is 0 Å². The maximum atomic E-state index is 12.1. The number of carbonyl (C=O) groups excluding carboxylic acids is 3. The molecule has 2 N–H and O–H groups in total. The largest absolute Gasteiger partial charge is 0.496 e. The zero-order valence-electron chi connectivity index (χ0n) is 15.3. The molecule has 0 aliphatic carbocycles. The molecular formula is C20H22N2O5. The van der Waals surface area contributed by atoms with Gasteiger partial charge in [-0.3, -0.25) is 14.4 Å². The van der Waals surface area contributed by atoms with E-state index in [1.807, 2.05) is 18.2 Å². The molecule has 0 spiro atoms. The molecule has 2 aromatic carbocycles. The predicted molar refractivity (Wildman–Crippen MR) is 99.8 cm³/mol. The third-order valence-electron chi connectivity index (χ3n) is 3.63. The van der Waals surface area contributed by atoms with Crippen molar-refractivity contribution in [2.24, 2.45) is 0 Å². The highest BCUT2D eigenvalue weighted by Gasteiger charge is 2.09. The molecule has 7 heteroatoms. The van der Waals surface area contributed by atoms with E-state index in [1.54, 1.807) is 31.4 Å². The van der Waals surface area contributed by atoms with Crippen LogP contribution in [0.25, 0.3) is 0 Å². The van der Waals surface area contributed by atoms with Gasteiger partial charge in [-0.05, 0) is 24.3 Å². The topological polar surface area (TPSA) is 93.7 Å². The summed E-state index contributed by atoms with van der Waals surface area (Å²) in [6.45, 7) is 1.86. The van der Waals surface area contributed by atoms with Gasteiger partial charge < -0.3 is 20.1 Å². The van der Waals surface area contributed by atoms with Crippen LogP contribution >= 0.6 is 0 Å². The molecule has 0 radical (unpaired) electrons. The van der Waals surface area contributed by atoms with E-state index in [-0.39, 0.29) is 24.8 Å². The molecule has 7 nitrogen and oxygen atoms in total. The van der Waals surface area contributed by atoms with Crippen molar-refractivity contribution in [1.82, 2.24) is 10.6 Å². The fourth-order valence-electron chi connectivity index (χ4n) is 2.43. The molecule has 0 bridgehead atoms. The minimum Gasteiger partial charge on any atom is -0.496 e. The Morgan fingerprint density at radius 1 is 0.963 bits per heavy atom. The number of nitrogens with one attached hydrogen (secondary N) is 2. The number of para-hydroxylation sites is 1. The second kappa shape index (κ2) is 9.96. The lowest BCUT2D eigenvalue weighted by atomic mass is 10.1. The molecule has 0 atom stereocenters. The molecule has 142 valence electrons. The summed E-state index contributed by atoms with van der Waals surface area (Å²) < 4.78 is 10.2. The minimum atomic E-state index is -0.453. The summed E-state index contributed by atoms with van der Waals surface area (Å²) in [6, 6.07) is 13.6. The minimum absolute atomic E-state index is 0.161. The number of benzene rings is 2. The third kappa shape index (κ3) is 6.47. The number of hydrogen-bond donors (Lipinski definition) is 2. The molecule has 27 heavy (non-hydrogen) atoms. The number of hydrogen-bond acceptors (Lipinski definition) is 5. The van der Waals surface area contributed by atoms with Crippen LogP contribution in [-0.2, 0) is 16.0 Å². The fourth-order valence-corrected chi connectivity index (χ4v) is 2.43. The summed E-state index contributed by atoms with van der Waals surface area (Å²) in [5.74, 6) is 0.0350. The molecule has 2 amide bonds. The molecular weight excluding hydrogens is 348 g/mol. The lowest BCUT2D eigenvalue weighted by Gasteiger charge is -2.10. The standard InChI is InChI=1S/C20H22N2O5/c1-14(23)27-17-8-5-7-16(12-17)20(25)22-11-10-21-19(24)13-15-6-3-4-9-18(15)26-2/h3-9,12H,10-11,13H2,1-2H3,(H,21,24)(H,22,25). The maximum Gasteiger partial charge on any atom is 0.308 e. The van der Waals surface area contributed by atoms with Crippen molar-refractivity contribution in [3.8, 4) is 11.5 Å². The Balaban J connectivity index is 1.77. The summed E-state index contributed by atoms with van der Waals surface area (Å²) in [5.41, 5.74) is 1.16. The molecule has 0 aliphatic heterocycles. The second-order valence-corrected chi connectivity index (χ2v) is 5.72. The van der Waals surface area contributed by atoms with Crippen molar-refractivity contribution in [2.45, 2.75) is 13.3 Å². The molecule has 0 saturated heterocycles. The summed E-state index contributed by atoms with van der Waals surface area (Å²) >= 11 is 0. The zero-order valence-corrected chi connectivity index (χ0v) is 15.3. The summed E-state index contributed by atoms with van der Waals surface area (Å²) in [4.78, 5) is 35.1. The van der Waals surface area contributed by atoms with Gasteiger partial charge in [-0.25, -0.2) is 0 Å². The highest BCUT2D eigenvalue weighted by molar-refractivity contribution is 5.94. The van der Waals surface area contributed by atoms with Gasteiger partial charge in [0.25, 0.3) is 5.91 Å². The van der Waals surface area contributed by atoms with Crippen LogP contribution in [0.4, 0.5) is 0 Å². The van der Waals surface area contributed by atoms with Crippen molar-refractivity contribution in [2.75, 3.05) is 20.2 Å². The number of rotatable bonds is 8. The van der Waals surface area contributed by atoms with Crippen LogP contribution in [0.2, 0.25) is 0 Å². The third-order valence-corrected chi connectivity index (χ3v) is 3.63.